The van der Waals surface area contributed by atoms with E-state index < -0.39 is 0 Å². The summed E-state index contributed by atoms with van der Waals surface area (Å²) in [5.41, 5.74) is 0.782. The third kappa shape index (κ3) is 0.746. The van der Waals surface area contributed by atoms with Crippen LogP contribution in [0.2, 0.25) is 0 Å². The highest BCUT2D eigenvalue weighted by atomic mass is 14.8. The molecule has 0 radical (unpaired) electrons. The van der Waals surface area contributed by atoms with Gasteiger partial charge in [-0.25, -0.2) is 0 Å². The summed E-state index contributed by atoms with van der Waals surface area (Å²) in [6.07, 6.45) is 6.28. The highest BCUT2D eigenvalue weighted by Gasteiger charge is 2.72. The highest BCUT2D eigenvalue weighted by molar-refractivity contribution is 5.20. The van der Waals surface area contributed by atoms with Gasteiger partial charge in [-0.15, -0.1) is 0 Å². The van der Waals surface area contributed by atoms with Crippen LogP contribution < -0.4 is 0 Å². The molecule has 6 rings (SSSR count). The van der Waals surface area contributed by atoms with Crippen molar-refractivity contribution in [1.82, 2.24) is 0 Å². The molecule has 0 N–H and O–H groups in total. The highest BCUT2D eigenvalue weighted by Crippen LogP contribution is 2.78. The normalized spacial score (nSPS) is 69.4. The summed E-state index contributed by atoms with van der Waals surface area (Å²) >= 11 is 0. The van der Waals surface area contributed by atoms with Crippen LogP contribution in [-0.2, 0) is 0 Å². The molecule has 84 valence electrons. The maximum atomic E-state index is 2.68. The zero-order valence-electron chi connectivity index (χ0n) is 10.4. The molecule has 0 heterocycles. The molecule has 6 saturated carbocycles. The minimum Gasteiger partial charge on any atom is -0.0651 e. The molecule has 0 spiro atoms. The van der Waals surface area contributed by atoms with Gasteiger partial charge in [-0.1, -0.05) is 27.2 Å². The van der Waals surface area contributed by atoms with E-state index in [9.17, 15) is 0 Å². The molecule has 6 aliphatic carbocycles. The smallest absolute Gasteiger partial charge is 0.0230 e. The monoisotopic (exact) mass is 204 g/mol. The average molecular weight is 204 g/mol. The molecule has 0 aliphatic heterocycles. The molecule has 6 bridgehead atoms. The van der Waals surface area contributed by atoms with E-state index in [1.807, 2.05) is 0 Å². The van der Waals surface area contributed by atoms with Crippen LogP contribution >= 0.6 is 0 Å². The van der Waals surface area contributed by atoms with E-state index >= 15 is 0 Å². The van der Waals surface area contributed by atoms with Gasteiger partial charge in [-0.3, -0.25) is 0 Å². The summed E-state index contributed by atoms with van der Waals surface area (Å²) in [5.74, 6) is 7.84. The van der Waals surface area contributed by atoms with Gasteiger partial charge >= 0.3 is 0 Å². The van der Waals surface area contributed by atoms with Crippen molar-refractivity contribution in [2.75, 3.05) is 0 Å². The molecule has 0 aromatic rings. The fourth-order valence-electron chi connectivity index (χ4n) is 7.34. The molecule has 0 nitrogen and oxygen atoms in total. The Kier molecular flexibility index (Phi) is 1.49. The molecule has 0 saturated heterocycles. The van der Waals surface area contributed by atoms with Crippen LogP contribution in [0, 0.1) is 46.8 Å². The maximum Gasteiger partial charge on any atom is -0.0230 e. The SMILES string of the molecule is CCC1C2CC3C4CC(C)C(C2C4)C31C. The minimum absolute atomic E-state index is 0.782. The lowest BCUT2D eigenvalue weighted by molar-refractivity contribution is -0.118. The number of hydrogen-bond acceptors (Lipinski definition) is 0. The van der Waals surface area contributed by atoms with Gasteiger partial charge in [-0.2, -0.15) is 0 Å². The molecule has 0 aromatic heterocycles. The second kappa shape index (κ2) is 2.46. The Morgan fingerprint density at radius 1 is 1.13 bits per heavy atom. The molecule has 15 heavy (non-hydrogen) atoms. The molecule has 6 aliphatic rings. The third-order valence-electron chi connectivity index (χ3n) is 7.24. The lowest BCUT2D eigenvalue weighted by Crippen LogP contribution is -2.54. The van der Waals surface area contributed by atoms with Gasteiger partial charge in [0.1, 0.15) is 0 Å². The van der Waals surface area contributed by atoms with Crippen molar-refractivity contribution >= 4 is 0 Å². The van der Waals surface area contributed by atoms with Gasteiger partial charge in [0.25, 0.3) is 0 Å². The number of hydrogen-bond donors (Lipinski definition) is 0. The van der Waals surface area contributed by atoms with E-state index in [1.54, 1.807) is 19.3 Å². The Bertz CT molecular complexity index is 303. The Hall–Kier alpha value is 0. The van der Waals surface area contributed by atoms with Crippen LogP contribution in [0.25, 0.3) is 0 Å². The van der Waals surface area contributed by atoms with Gasteiger partial charge in [0.05, 0.1) is 0 Å². The summed E-state index contributed by atoms with van der Waals surface area (Å²) in [6.45, 7) is 7.68. The summed E-state index contributed by atoms with van der Waals surface area (Å²) in [6, 6.07) is 0. The van der Waals surface area contributed by atoms with Crippen molar-refractivity contribution in [2.24, 2.45) is 46.8 Å². The van der Waals surface area contributed by atoms with E-state index in [0.29, 0.717) is 0 Å². The van der Waals surface area contributed by atoms with Crippen molar-refractivity contribution in [1.29, 1.82) is 0 Å². The van der Waals surface area contributed by atoms with Gasteiger partial charge < -0.3 is 0 Å². The van der Waals surface area contributed by atoms with Crippen molar-refractivity contribution in [3.05, 3.63) is 0 Å². The summed E-state index contributed by atoms with van der Waals surface area (Å²) in [7, 11) is 0. The molecule has 0 aromatic carbocycles. The predicted molar refractivity (Wildman–Crippen MR) is 62.4 cm³/mol. The van der Waals surface area contributed by atoms with E-state index in [1.165, 1.54) is 6.42 Å². The van der Waals surface area contributed by atoms with Crippen molar-refractivity contribution in [3.8, 4) is 0 Å². The van der Waals surface area contributed by atoms with Crippen LogP contribution in [0.1, 0.15) is 46.5 Å². The van der Waals surface area contributed by atoms with E-state index in [-0.39, 0.29) is 0 Å². The third-order valence-corrected chi connectivity index (χ3v) is 7.24. The fourth-order valence-corrected chi connectivity index (χ4v) is 7.34. The fraction of sp³-hybridized carbons (Fsp3) is 1.00. The Morgan fingerprint density at radius 3 is 2.60 bits per heavy atom. The molecule has 8 unspecified atom stereocenters. The van der Waals surface area contributed by atoms with Gasteiger partial charge in [0.2, 0.25) is 0 Å². The van der Waals surface area contributed by atoms with Crippen LogP contribution in [0.3, 0.4) is 0 Å². The van der Waals surface area contributed by atoms with Gasteiger partial charge in [0.15, 0.2) is 0 Å². The van der Waals surface area contributed by atoms with Crippen molar-refractivity contribution in [3.63, 3.8) is 0 Å². The molecule has 6 fully saturated rings. The summed E-state index contributed by atoms with van der Waals surface area (Å²) in [4.78, 5) is 0. The minimum atomic E-state index is 0.782. The summed E-state index contributed by atoms with van der Waals surface area (Å²) in [5, 5.41) is 0. The number of fused-ring (bicyclic) bond motifs is 1. The lowest BCUT2D eigenvalue weighted by Gasteiger charge is -2.60. The largest absolute Gasteiger partial charge is 0.0651 e. The second-order valence-electron chi connectivity index (χ2n) is 7.29. The molecule has 0 heteroatoms. The van der Waals surface area contributed by atoms with Crippen LogP contribution in [-0.4, -0.2) is 0 Å². The molecular weight excluding hydrogens is 180 g/mol. The topological polar surface area (TPSA) is 0 Å². The van der Waals surface area contributed by atoms with E-state index in [4.69, 9.17) is 0 Å². The lowest BCUT2D eigenvalue weighted by atomic mass is 9.45. The first kappa shape index (κ1) is 9.07. The average Bonchev–Trinajstić information content (AvgIpc) is 2.60. The Balaban J connectivity index is 1.87. The zero-order valence-corrected chi connectivity index (χ0v) is 10.4. The van der Waals surface area contributed by atoms with Crippen LogP contribution in [0.4, 0.5) is 0 Å². The molecule has 8 atom stereocenters. The Morgan fingerprint density at radius 2 is 1.93 bits per heavy atom. The summed E-state index contributed by atoms with van der Waals surface area (Å²) < 4.78 is 0. The first-order valence-corrected chi connectivity index (χ1v) is 7.17. The maximum absolute atomic E-state index is 2.68. The quantitative estimate of drug-likeness (QED) is 0.606. The molecular formula is C15H24. The molecule has 0 amide bonds. The first-order valence-electron chi connectivity index (χ1n) is 7.17. The second-order valence-corrected chi connectivity index (χ2v) is 7.29. The standard InChI is InChI=1S/C15H24/c1-4-12-10-7-13-9-5-8(2)14(11(10)6-9)15(12,13)3/h8-14H,4-7H2,1-3H3. The van der Waals surface area contributed by atoms with E-state index in [0.717, 1.165) is 46.8 Å². The van der Waals surface area contributed by atoms with Crippen molar-refractivity contribution < 1.29 is 0 Å². The number of rotatable bonds is 1. The zero-order chi connectivity index (χ0) is 10.4. The first-order chi connectivity index (χ1) is 7.17. The van der Waals surface area contributed by atoms with Crippen LogP contribution in [0.5, 0.6) is 0 Å². The Labute approximate surface area is 93.8 Å². The van der Waals surface area contributed by atoms with Crippen LogP contribution in [0.15, 0.2) is 0 Å². The van der Waals surface area contributed by atoms with Gasteiger partial charge in [0, 0.05) is 0 Å². The van der Waals surface area contributed by atoms with Crippen molar-refractivity contribution in [2.45, 2.75) is 46.5 Å². The predicted octanol–water partition coefficient (Wildman–Crippen LogP) is 3.96. The van der Waals surface area contributed by atoms with E-state index in [2.05, 4.69) is 20.8 Å². The van der Waals surface area contributed by atoms with Gasteiger partial charge in [-0.05, 0) is 66.1 Å².